The lowest BCUT2D eigenvalue weighted by atomic mass is 10.0. The molecule has 0 aliphatic rings. The van der Waals surface area contributed by atoms with Gasteiger partial charge in [0, 0.05) is 18.2 Å². The van der Waals surface area contributed by atoms with E-state index in [0.717, 1.165) is 0 Å². The van der Waals surface area contributed by atoms with Crippen molar-refractivity contribution in [2.45, 2.75) is 19.9 Å². The summed E-state index contributed by atoms with van der Waals surface area (Å²) in [5.74, 6) is -0.435. The van der Waals surface area contributed by atoms with Crippen molar-refractivity contribution in [3.63, 3.8) is 0 Å². The first-order valence-corrected chi connectivity index (χ1v) is 5.46. The van der Waals surface area contributed by atoms with Crippen LogP contribution in [0.4, 0.5) is 5.69 Å². The number of anilines is 1. The van der Waals surface area contributed by atoms with Gasteiger partial charge in [-0.25, -0.2) is 0 Å². The molecular weight excluding hydrogens is 220 g/mol. The maximum Gasteiger partial charge on any atom is 0.251 e. The molecule has 0 spiro atoms. The first-order valence-electron chi connectivity index (χ1n) is 5.46. The Morgan fingerprint density at radius 1 is 1.47 bits per heavy atom. The van der Waals surface area contributed by atoms with E-state index in [4.69, 9.17) is 10.8 Å². The summed E-state index contributed by atoms with van der Waals surface area (Å²) >= 11 is 0. The maximum atomic E-state index is 11.8. The molecule has 5 nitrogen and oxygen atoms in total. The Hall–Kier alpha value is -1.75. The van der Waals surface area contributed by atoms with E-state index in [9.17, 15) is 9.90 Å². The summed E-state index contributed by atoms with van der Waals surface area (Å²) in [7, 11) is 0. The fourth-order valence-corrected chi connectivity index (χ4v) is 1.28. The van der Waals surface area contributed by atoms with Gasteiger partial charge in [-0.15, -0.1) is 0 Å². The average Bonchev–Trinajstić information content (AvgIpc) is 2.31. The number of nitrogen functional groups attached to an aromatic ring is 1. The molecule has 0 aliphatic carbocycles. The van der Waals surface area contributed by atoms with Crippen LogP contribution in [0, 0.1) is 5.92 Å². The zero-order valence-electron chi connectivity index (χ0n) is 9.97. The lowest BCUT2D eigenvalue weighted by Gasteiger charge is -2.19. The number of aromatic hydroxyl groups is 1. The third-order valence-electron chi connectivity index (χ3n) is 2.79. The Morgan fingerprint density at radius 2 is 2.12 bits per heavy atom. The highest BCUT2D eigenvalue weighted by atomic mass is 16.3. The summed E-state index contributed by atoms with van der Waals surface area (Å²) in [5, 5.41) is 21.1. The van der Waals surface area contributed by atoms with Crippen molar-refractivity contribution in [2.75, 3.05) is 12.3 Å². The van der Waals surface area contributed by atoms with Crippen LogP contribution in [-0.4, -0.2) is 28.8 Å². The van der Waals surface area contributed by atoms with Crippen LogP contribution in [-0.2, 0) is 0 Å². The normalized spacial score (nSPS) is 14.1. The van der Waals surface area contributed by atoms with Gasteiger partial charge in [-0.2, -0.15) is 0 Å². The van der Waals surface area contributed by atoms with Crippen molar-refractivity contribution < 1.29 is 15.0 Å². The van der Waals surface area contributed by atoms with Crippen molar-refractivity contribution in [2.24, 2.45) is 5.92 Å². The van der Waals surface area contributed by atoms with E-state index in [2.05, 4.69) is 5.32 Å². The number of carbonyl (C=O) groups excluding carboxylic acids is 1. The number of rotatable bonds is 4. The van der Waals surface area contributed by atoms with E-state index in [1.165, 1.54) is 12.1 Å². The highest BCUT2D eigenvalue weighted by molar-refractivity contribution is 5.95. The Morgan fingerprint density at radius 3 is 2.65 bits per heavy atom. The molecule has 1 aromatic carbocycles. The fourth-order valence-electron chi connectivity index (χ4n) is 1.28. The van der Waals surface area contributed by atoms with Crippen LogP contribution in [0.1, 0.15) is 24.2 Å². The topological polar surface area (TPSA) is 95.6 Å². The molecule has 17 heavy (non-hydrogen) atoms. The standard InChI is InChI=1S/C12H18N2O3/c1-7(6-15)8(2)14-12(17)9-3-4-10(13)11(16)5-9/h3-5,7-8,15-16H,6,13H2,1-2H3,(H,14,17). The van der Waals surface area contributed by atoms with Gasteiger partial charge in [0.05, 0.1) is 5.69 Å². The molecule has 0 aromatic heterocycles. The number of nitrogens with two attached hydrogens (primary N) is 1. The second kappa shape index (κ2) is 5.54. The van der Waals surface area contributed by atoms with Gasteiger partial charge < -0.3 is 21.3 Å². The molecule has 1 aromatic rings. The number of phenols is 1. The first kappa shape index (κ1) is 13.3. The third kappa shape index (κ3) is 3.35. The van der Waals surface area contributed by atoms with Gasteiger partial charge in [0.2, 0.25) is 0 Å². The van der Waals surface area contributed by atoms with E-state index in [1.807, 2.05) is 13.8 Å². The molecule has 0 fully saturated rings. The number of aliphatic hydroxyl groups excluding tert-OH is 1. The molecule has 0 saturated carbocycles. The Kier molecular flexibility index (Phi) is 4.34. The van der Waals surface area contributed by atoms with E-state index in [-0.39, 0.29) is 35.9 Å². The molecule has 0 radical (unpaired) electrons. The number of nitrogens with one attached hydrogen (secondary N) is 1. The summed E-state index contributed by atoms with van der Waals surface area (Å²) in [6.45, 7) is 3.66. The SMILES string of the molecule is CC(CO)C(C)NC(=O)c1ccc(N)c(O)c1. The Labute approximate surface area is 100 Å². The lowest BCUT2D eigenvalue weighted by molar-refractivity contribution is 0.0916. The average molecular weight is 238 g/mol. The fraction of sp³-hybridized carbons (Fsp3) is 0.417. The first-order chi connectivity index (χ1) is 7.95. The van der Waals surface area contributed by atoms with Gasteiger partial charge in [-0.3, -0.25) is 4.79 Å². The van der Waals surface area contributed by atoms with Gasteiger partial charge in [-0.1, -0.05) is 6.92 Å². The monoisotopic (exact) mass is 238 g/mol. The number of phenolic OH excluding ortho intramolecular Hbond substituents is 1. The highest BCUT2D eigenvalue weighted by Gasteiger charge is 2.15. The number of amides is 1. The summed E-state index contributed by atoms with van der Waals surface area (Å²) in [5.41, 5.74) is 6.02. The molecule has 1 rings (SSSR count). The predicted molar refractivity (Wildman–Crippen MR) is 65.7 cm³/mol. The Balaban J connectivity index is 2.73. The molecule has 2 unspecified atom stereocenters. The highest BCUT2D eigenvalue weighted by Crippen LogP contribution is 2.20. The van der Waals surface area contributed by atoms with Gasteiger partial charge >= 0.3 is 0 Å². The molecule has 0 heterocycles. The second-order valence-corrected chi connectivity index (χ2v) is 4.20. The zero-order valence-corrected chi connectivity index (χ0v) is 9.97. The smallest absolute Gasteiger partial charge is 0.251 e. The van der Waals surface area contributed by atoms with Crippen LogP contribution >= 0.6 is 0 Å². The zero-order chi connectivity index (χ0) is 13.0. The van der Waals surface area contributed by atoms with Gasteiger partial charge in [0.15, 0.2) is 0 Å². The molecule has 0 saturated heterocycles. The molecular formula is C12H18N2O3. The van der Waals surface area contributed by atoms with Crippen molar-refractivity contribution >= 4 is 11.6 Å². The minimum atomic E-state index is -0.298. The van der Waals surface area contributed by atoms with Crippen molar-refractivity contribution in [3.05, 3.63) is 23.8 Å². The molecule has 1 amide bonds. The van der Waals surface area contributed by atoms with Crippen molar-refractivity contribution in [3.8, 4) is 5.75 Å². The molecule has 5 N–H and O–H groups in total. The molecule has 5 heteroatoms. The van der Waals surface area contributed by atoms with Crippen LogP contribution in [0.25, 0.3) is 0 Å². The van der Waals surface area contributed by atoms with E-state index in [0.29, 0.717) is 5.56 Å². The van der Waals surface area contributed by atoms with Crippen LogP contribution < -0.4 is 11.1 Å². The lowest BCUT2D eigenvalue weighted by Crippen LogP contribution is -2.38. The quantitative estimate of drug-likeness (QED) is 0.459. The van der Waals surface area contributed by atoms with Crippen molar-refractivity contribution in [1.82, 2.24) is 5.32 Å². The second-order valence-electron chi connectivity index (χ2n) is 4.20. The van der Waals surface area contributed by atoms with Crippen LogP contribution in [0.15, 0.2) is 18.2 Å². The molecule has 94 valence electrons. The van der Waals surface area contributed by atoms with Crippen LogP contribution in [0.5, 0.6) is 5.75 Å². The van der Waals surface area contributed by atoms with Crippen LogP contribution in [0.2, 0.25) is 0 Å². The van der Waals surface area contributed by atoms with Gasteiger partial charge in [0.25, 0.3) is 5.91 Å². The van der Waals surface area contributed by atoms with E-state index < -0.39 is 0 Å². The van der Waals surface area contributed by atoms with Crippen LogP contribution in [0.3, 0.4) is 0 Å². The number of aliphatic hydroxyl groups is 1. The third-order valence-corrected chi connectivity index (χ3v) is 2.79. The predicted octanol–water partition coefficient (Wildman–Crippen LogP) is 0.721. The van der Waals surface area contributed by atoms with Gasteiger partial charge in [0.1, 0.15) is 5.75 Å². The number of hydrogen-bond donors (Lipinski definition) is 4. The molecule has 0 bridgehead atoms. The number of carbonyl (C=O) groups is 1. The van der Waals surface area contributed by atoms with E-state index >= 15 is 0 Å². The summed E-state index contributed by atoms with van der Waals surface area (Å²) in [6.07, 6.45) is 0. The van der Waals surface area contributed by atoms with Crippen molar-refractivity contribution in [1.29, 1.82) is 0 Å². The summed E-state index contributed by atoms with van der Waals surface area (Å²) in [6, 6.07) is 4.19. The summed E-state index contributed by atoms with van der Waals surface area (Å²) in [4.78, 5) is 11.8. The minimum absolute atomic E-state index is 0.00837. The van der Waals surface area contributed by atoms with E-state index in [1.54, 1.807) is 6.07 Å². The molecule has 2 atom stereocenters. The maximum absolute atomic E-state index is 11.8. The number of hydrogen-bond acceptors (Lipinski definition) is 4. The Bertz CT molecular complexity index is 407. The number of benzene rings is 1. The van der Waals surface area contributed by atoms with Gasteiger partial charge in [-0.05, 0) is 31.0 Å². The largest absolute Gasteiger partial charge is 0.506 e. The molecule has 0 aliphatic heterocycles. The summed E-state index contributed by atoms with van der Waals surface area (Å²) < 4.78 is 0. The minimum Gasteiger partial charge on any atom is -0.506 e.